The average molecular weight is 314 g/mol. The Morgan fingerprint density at radius 2 is 1.78 bits per heavy atom. The number of benzene rings is 1. The van der Waals surface area contributed by atoms with Crippen LogP contribution in [0, 0.1) is 5.41 Å². The molecule has 3 nitrogen and oxygen atoms in total. The van der Waals surface area contributed by atoms with E-state index in [2.05, 4.69) is 48.3 Å². The van der Waals surface area contributed by atoms with Gasteiger partial charge in [0.25, 0.3) is 0 Å². The lowest BCUT2D eigenvalue weighted by Crippen LogP contribution is -2.51. The normalized spacial score (nSPS) is 20.9. The van der Waals surface area contributed by atoms with Crippen molar-refractivity contribution in [2.75, 3.05) is 26.2 Å². The summed E-state index contributed by atoms with van der Waals surface area (Å²) in [5.74, 6) is 0.342. The Hall–Kier alpha value is -1.35. The smallest absolute Gasteiger partial charge is 0.233 e. The Kier molecular flexibility index (Phi) is 4.77. The highest BCUT2D eigenvalue weighted by Crippen LogP contribution is 2.40. The van der Waals surface area contributed by atoms with Crippen molar-refractivity contribution in [3.05, 3.63) is 35.9 Å². The highest BCUT2D eigenvalue weighted by molar-refractivity contribution is 5.88. The summed E-state index contributed by atoms with van der Waals surface area (Å²) in [5, 5.41) is 3.50. The Balaban J connectivity index is 1.77. The number of carbonyl (C=O) groups is 1. The van der Waals surface area contributed by atoms with Gasteiger partial charge in [0.05, 0.1) is 5.41 Å². The summed E-state index contributed by atoms with van der Waals surface area (Å²) in [6, 6.07) is 10.4. The zero-order valence-electron chi connectivity index (χ0n) is 14.6. The van der Waals surface area contributed by atoms with Crippen LogP contribution in [-0.2, 0) is 10.2 Å². The molecular formula is C20H30N2O. The second-order valence-electron chi connectivity index (χ2n) is 7.37. The van der Waals surface area contributed by atoms with Gasteiger partial charge in [0.15, 0.2) is 0 Å². The lowest BCUT2D eigenvalue weighted by molar-refractivity contribution is -0.140. The SMILES string of the molecule is CCC(CC)(C(=O)N1CCC2(CCNC2)CC1)c1ccccc1. The summed E-state index contributed by atoms with van der Waals surface area (Å²) < 4.78 is 0. The molecule has 3 rings (SSSR count). The van der Waals surface area contributed by atoms with Gasteiger partial charge in [-0.05, 0) is 49.6 Å². The molecule has 0 atom stereocenters. The third-order valence-corrected chi connectivity index (χ3v) is 6.39. The topological polar surface area (TPSA) is 32.3 Å². The molecule has 2 fully saturated rings. The van der Waals surface area contributed by atoms with Crippen molar-refractivity contribution >= 4 is 5.91 Å². The molecular weight excluding hydrogens is 284 g/mol. The van der Waals surface area contributed by atoms with E-state index < -0.39 is 0 Å². The predicted molar refractivity (Wildman–Crippen MR) is 94.4 cm³/mol. The molecule has 0 unspecified atom stereocenters. The molecule has 2 aliphatic heterocycles. The van der Waals surface area contributed by atoms with Crippen LogP contribution in [0.5, 0.6) is 0 Å². The fourth-order valence-electron chi connectivity index (χ4n) is 4.55. The molecule has 1 N–H and O–H groups in total. The van der Waals surface area contributed by atoms with Crippen LogP contribution < -0.4 is 5.32 Å². The highest BCUT2D eigenvalue weighted by atomic mass is 16.2. The molecule has 0 radical (unpaired) electrons. The minimum Gasteiger partial charge on any atom is -0.342 e. The van der Waals surface area contributed by atoms with Crippen molar-refractivity contribution < 1.29 is 4.79 Å². The number of hydrogen-bond acceptors (Lipinski definition) is 2. The Bertz CT molecular complexity index is 520. The van der Waals surface area contributed by atoms with E-state index in [1.54, 1.807) is 0 Å². The second-order valence-corrected chi connectivity index (χ2v) is 7.37. The largest absolute Gasteiger partial charge is 0.342 e. The summed E-state index contributed by atoms with van der Waals surface area (Å²) in [6.07, 6.45) is 5.33. The molecule has 23 heavy (non-hydrogen) atoms. The van der Waals surface area contributed by atoms with Gasteiger partial charge in [0, 0.05) is 19.6 Å². The number of nitrogens with zero attached hydrogens (tertiary/aromatic N) is 1. The van der Waals surface area contributed by atoms with Crippen molar-refractivity contribution in [1.82, 2.24) is 10.2 Å². The van der Waals surface area contributed by atoms with Gasteiger partial charge in [-0.15, -0.1) is 0 Å². The molecule has 126 valence electrons. The maximum atomic E-state index is 13.4. The fraction of sp³-hybridized carbons (Fsp3) is 0.650. The van der Waals surface area contributed by atoms with E-state index in [9.17, 15) is 4.79 Å². The molecule has 3 heteroatoms. The lowest BCUT2D eigenvalue weighted by Gasteiger charge is -2.43. The summed E-state index contributed by atoms with van der Waals surface area (Å²) in [6.45, 7) is 8.44. The van der Waals surface area contributed by atoms with E-state index in [0.29, 0.717) is 11.3 Å². The van der Waals surface area contributed by atoms with Crippen LogP contribution in [0.15, 0.2) is 30.3 Å². The second kappa shape index (κ2) is 6.64. The van der Waals surface area contributed by atoms with Crippen molar-refractivity contribution in [1.29, 1.82) is 0 Å². The van der Waals surface area contributed by atoms with E-state index in [1.807, 2.05) is 6.07 Å². The number of rotatable bonds is 4. The van der Waals surface area contributed by atoms with Gasteiger partial charge in [0.2, 0.25) is 5.91 Å². The third kappa shape index (κ3) is 2.91. The summed E-state index contributed by atoms with van der Waals surface area (Å²) in [5.41, 5.74) is 1.29. The maximum absolute atomic E-state index is 13.4. The van der Waals surface area contributed by atoms with Gasteiger partial charge in [-0.2, -0.15) is 0 Å². The van der Waals surface area contributed by atoms with Crippen molar-refractivity contribution in [2.45, 2.75) is 51.4 Å². The molecule has 1 spiro atoms. The Labute approximate surface area is 140 Å². The first-order chi connectivity index (χ1) is 11.2. The third-order valence-electron chi connectivity index (χ3n) is 6.39. The molecule has 1 aromatic carbocycles. The predicted octanol–water partition coefficient (Wildman–Crippen LogP) is 3.35. The van der Waals surface area contributed by atoms with Gasteiger partial charge in [-0.25, -0.2) is 0 Å². The van der Waals surface area contributed by atoms with Gasteiger partial charge < -0.3 is 10.2 Å². The van der Waals surface area contributed by atoms with Gasteiger partial charge in [-0.1, -0.05) is 44.2 Å². The van der Waals surface area contributed by atoms with E-state index in [0.717, 1.165) is 51.9 Å². The van der Waals surface area contributed by atoms with Crippen molar-refractivity contribution in [3.63, 3.8) is 0 Å². The first-order valence-electron chi connectivity index (χ1n) is 9.21. The van der Waals surface area contributed by atoms with Crippen LogP contribution >= 0.6 is 0 Å². The molecule has 2 heterocycles. The van der Waals surface area contributed by atoms with E-state index in [-0.39, 0.29) is 5.41 Å². The highest BCUT2D eigenvalue weighted by Gasteiger charge is 2.43. The summed E-state index contributed by atoms with van der Waals surface area (Å²) in [4.78, 5) is 15.5. The van der Waals surface area contributed by atoms with Gasteiger partial charge >= 0.3 is 0 Å². The molecule has 1 amide bonds. The first kappa shape index (κ1) is 16.5. The standard InChI is InChI=1S/C20H30N2O/c1-3-20(4-2,17-8-6-5-7-9-17)18(23)22-14-11-19(12-15-22)10-13-21-16-19/h5-9,21H,3-4,10-16H2,1-2H3. The van der Waals surface area contributed by atoms with Crippen molar-refractivity contribution in [3.8, 4) is 0 Å². The van der Waals surface area contributed by atoms with Crippen LogP contribution in [0.4, 0.5) is 0 Å². The zero-order chi connectivity index (χ0) is 16.3. The van der Waals surface area contributed by atoms with Gasteiger partial charge in [0.1, 0.15) is 0 Å². The number of piperidine rings is 1. The van der Waals surface area contributed by atoms with Crippen LogP contribution in [0.3, 0.4) is 0 Å². The monoisotopic (exact) mass is 314 g/mol. The van der Waals surface area contributed by atoms with E-state index >= 15 is 0 Å². The van der Waals surface area contributed by atoms with Crippen LogP contribution in [0.2, 0.25) is 0 Å². The van der Waals surface area contributed by atoms with Crippen LogP contribution in [0.25, 0.3) is 0 Å². The minimum absolute atomic E-state index is 0.342. The maximum Gasteiger partial charge on any atom is 0.233 e. The number of amides is 1. The van der Waals surface area contributed by atoms with E-state index in [4.69, 9.17) is 0 Å². The fourth-order valence-corrected chi connectivity index (χ4v) is 4.55. The van der Waals surface area contributed by atoms with E-state index in [1.165, 1.54) is 12.0 Å². The van der Waals surface area contributed by atoms with Crippen LogP contribution in [0.1, 0.15) is 51.5 Å². The average Bonchev–Trinajstić information content (AvgIpc) is 3.06. The molecule has 0 aromatic heterocycles. The molecule has 2 saturated heterocycles. The lowest BCUT2D eigenvalue weighted by atomic mass is 9.73. The number of nitrogens with one attached hydrogen (secondary N) is 1. The van der Waals surface area contributed by atoms with Crippen molar-refractivity contribution in [2.24, 2.45) is 5.41 Å². The minimum atomic E-state index is -0.348. The zero-order valence-corrected chi connectivity index (χ0v) is 14.6. The molecule has 0 bridgehead atoms. The number of carbonyl (C=O) groups excluding carboxylic acids is 1. The first-order valence-corrected chi connectivity index (χ1v) is 9.21. The quantitative estimate of drug-likeness (QED) is 0.924. The summed E-state index contributed by atoms with van der Waals surface area (Å²) >= 11 is 0. The van der Waals surface area contributed by atoms with Gasteiger partial charge in [-0.3, -0.25) is 4.79 Å². The number of hydrogen-bond donors (Lipinski definition) is 1. The summed E-state index contributed by atoms with van der Waals surface area (Å²) in [7, 11) is 0. The molecule has 2 aliphatic rings. The molecule has 0 aliphatic carbocycles. The van der Waals surface area contributed by atoms with Crippen LogP contribution in [-0.4, -0.2) is 37.0 Å². The Morgan fingerprint density at radius 3 is 2.30 bits per heavy atom. The molecule has 1 aromatic rings. The molecule has 0 saturated carbocycles. The number of likely N-dealkylation sites (tertiary alicyclic amines) is 1. The Morgan fingerprint density at radius 1 is 1.13 bits per heavy atom.